The number of benzene rings is 1. The van der Waals surface area contributed by atoms with Crippen LogP contribution in [0, 0.1) is 0 Å². The highest BCUT2D eigenvalue weighted by Gasteiger charge is 2.47. The molecule has 1 aromatic carbocycles. The first kappa shape index (κ1) is 16.5. The molecule has 0 bridgehead atoms. The Bertz CT molecular complexity index is 477. The molecule has 1 fully saturated rings. The van der Waals surface area contributed by atoms with E-state index in [1.165, 1.54) is 0 Å². The van der Waals surface area contributed by atoms with Gasteiger partial charge in [0.25, 0.3) is 0 Å². The third-order valence-corrected chi connectivity index (χ3v) is 4.03. The van der Waals surface area contributed by atoms with Crippen LogP contribution in [0.15, 0.2) is 30.3 Å². The lowest BCUT2D eigenvalue weighted by atomic mass is 10.2. The maximum Gasteiger partial charge on any atom is 0.364 e. The Kier molecular flexibility index (Phi) is 5.95. The van der Waals surface area contributed by atoms with Crippen LogP contribution in [0.3, 0.4) is 0 Å². The monoisotopic (exact) mass is 306 g/mol. The van der Waals surface area contributed by atoms with Gasteiger partial charge in [-0.05, 0) is 13.8 Å². The van der Waals surface area contributed by atoms with E-state index < -0.39 is 0 Å². The summed E-state index contributed by atoms with van der Waals surface area (Å²) in [5.74, 6) is -0.444. The molecule has 0 saturated carbocycles. The van der Waals surface area contributed by atoms with Crippen LogP contribution in [-0.4, -0.2) is 37.2 Å². The number of nitrogens with one attached hydrogen (secondary N) is 1. The van der Waals surface area contributed by atoms with Gasteiger partial charge in [-0.15, -0.1) is 0 Å². The van der Waals surface area contributed by atoms with Crippen molar-refractivity contribution >= 4 is 11.9 Å². The number of likely N-dealkylation sites (tertiary alicyclic amines) is 1. The van der Waals surface area contributed by atoms with Gasteiger partial charge in [0.2, 0.25) is 0 Å². The lowest BCUT2D eigenvalue weighted by Gasteiger charge is -2.25. The number of hydrogen-bond donors (Lipinski definition) is 1. The van der Waals surface area contributed by atoms with Gasteiger partial charge in [-0.1, -0.05) is 30.3 Å². The Labute approximate surface area is 131 Å². The van der Waals surface area contributed by atoms with Crippen LogP contribution in [0.5, 0.6) is 0 Å². The van der Waals surface area contributed by atoms with Crippen molar-refractivity contribution in [3.8, 4) is 0 Å². The molecule has 2 atom stereocenters. The van der Waals surface area contributed by atoms with Gasteiger partial charge in [0.05, 0.1) is 13.2 Å². The van der Waals surface area contributed by atoms with Crippen LogP contribution in [-0.2, 0) is 25.6 Å². The van der Waals surface area contributed by atoms with Crippen LogP contribution in [0.2, 0.25) is 0 Å². The van der Waals surface area contributed by atoms with Crippen LogP contribution in [0.25, 0.3) is 0 Å². The van der Waals surface area contributed by atoms with Gasteiger partial charge in [0, 0.05) is 18.4 Å². The predicted molar refractivity (Wildman–Crippen MR) is 81.2 cm³/mol. The molecule has 1 N–H and O–H groups in total. The number of ether oxygens (including phenoxy) is 2. The standard InChI is InChI=1S/C17H23NO4/c1-3-21-16(19)14-10-11-15(17(20)22-4-2)18(14)12-13-8-6-5-7-9-13/h5-9,14-15H,3-4,10-12H2,1-2H3/p+1/t14-,15-/m1/s1. The molecule has 0 aliphatic carbocycles. The van der Waals surface area contributed by atoms with E-state index in [1.807, 2.05) is 30.3 Å². The largest absolute Gasteiger partial charge is 0.462 e. The average Bonchev–Trinajstić information content (AvgIpc) is 2.92. The summed E-state index contributed by atoms with van der Waals surface area (Å²) in [5, 5.41) is 0. The lowest BCUT2D eigenvalue weighted by molar-refractivity contribution is -0.933. The topological polar surface area (TPSA) is 57.0 Å². The Balaban J connectivity index is 2.17. The molecule has 0 unspecified atom stereocenters. The van der Waals surface area contributed by atoms with E-state index in [-0.39, 0.29) is 24.0 Å². The number of hydrogen-bond acceptors (Lipinski definition) is 4. The fourth-order valence-electron chi connectivity index (χ4n) is 3.05. The van der Waals surface area contributed by atoms with Crippen molar-refractivity contribution in [2.24, 2.45) is 0 Å². The molecule has 22 heavy (non-hydrogen) atoms. The van der Waals surface area contributed by atoms with Crippen molar-refractivity contribution in [2.45, 2.75) is 45.3 Å². The summed E-state index contributed by atoms with van der Waals surface area (Å²) >= 11 is 0. The molecule has 1 aliphatic heterocycles. The number of esters is 2. The van der Waals surface area contributed by atoms with Crippen molar-refractivity contribution in [1.29, 1.82) is 0 Å². The Morgan fingerprint density at radius 1 is 1.00 bits per heavy atom. The molecule has 1 aromatic rings. The number of carbonyl (C=O) groups is 2. The first-order chi connectivity index (χ1) is 10.7. The van der Waals surface area contributed by atoms with Crippen LogP contribution < -0.4 is 4.90 Å². The minimum Gasteiger partial charge on any atom is -0.462 e. The second kappa shape index (κ2) is 7.94. The van der Waals surface area contributed by atoms with E-state index in [0.717, 1.165) is 10.5 Å². The Morgan fingerprint density at radius 3 is 1.95 bits per heavy atom. The maximum absolute atomic E-state index is 12.2. The van der Waals surface area contributed by atoms with Gasteiger partial charge in [0.15, 0.2) is 12.1 Å². The molecule has 1 aliphatic rings. The zero-order chi connectivity index (χ0) is 15.9. The summed E-state index contributed by atoms with van der Waals surface area (Å²) in [4.78, 5) is 25.3. The lowest BCUT2D eigenvalue weighted by Crippen LogP contribution is -3.17. The molecule has 1 saturated heterocycles. The minimum atomic E-state index is -0.297. The summed E-state index contributed by atoms with van der Waals surface area (Å²) in [5.41, 5.74) is 1.10. The molecule has 0 radical (unpaired) electrons. The van der Waals surface area contributed by atoms with E-state index >= 15 is 0 Å². The van der Waals surface area contributed by atoms with Crippen LogP contribution in [0.1, 0.15) is 32.3 Å². The molecular formula is C17H24NO4+. The summed E-state index contributed by atoms with van der Waals surface area (Å²) in [6.07, 6.45) is 1.31. The molecule has 120 valence electrons. The van der Waals surface area contributed by atoms with E-state index in [0.29, 0.717) is 32.6 Å². The van der Waals surface area contributed by atoms with Crippen molar-refractivity contribution in [3.05, 3.63) is 35.9 Å². The van der Waals surface area contributed by atoms with E-state index in [4.69, 9.17) is 9.47 Å². The molecule has 0 spiro atoms. The second-order valence-corrected chi connectivity index (χ2v) is 5.42. The number of quaternary nitrogens is 1. The molecule has 0 amide bonds. The van der Waals surface area contributed by atoms with Gasteiger partial charge in [-0.2, -0.15) is 0 Å². The highest BCUT2D eigenvalue weighted by atomic mass is 16.5. The van der Waals surface area contributed by atoms with Gasteiger partial charge in [-0.3, -0.25) is 0 Å². The Hall–Kier alpha value is -1.88. The molecular weight excluding hydrogens is 282 g/mol. The maximum atomic E-state index is 12.2. The predicted octanol–water partition coefficient (Wildman–Crippen LogP) is 0.729. The second-order valence-electron chi connectivity index (χ2n) is 5.42. The number of carbonyl (C=O) groups excluding carboxylic acids is 2. The van der Waals surface area contributed by atoms with Gasteiger partial charge in [-0.25, -0.2) is 9.59 Å². The normalized spacial score (nSPS) is 21.5. The fourth-order valence-corrected chi connectivity index (χ4v) is 3.05. The van der Waals surface area contributed by atoms with Crippen LogP contribution >= 0.6 is 0 Å². The molecule has 5 nitrogen and oxygen atoms in total. The molecule has 0 aromatic heterocycles. The van der Waals surface area contributed by atoms with E-state index in [1.54, 1.807) is 13.8 Å². The third kappa shape index (κ3) is 3.85. The van der Waals surface area contributed by atoms with Crippen molar-refractivity contribution in [1.82, 2.24) is 0 Å². The smallest absolute Gasteiger partial charge is 0.364 e. The summed E-state index contributed by atoms with van der Waals surface area (Å²) in [6, 6.07) is 9.30. The van der Waals surface area contributed by atoms with Crippen molar-refractivity contribution in [3.63, 3.8) is 0 Å². The van der Waals surface area contributed by atoms with Crippen molar-refractivity contribution in [2.75, 3.05) is 13.2 Å². The summed E-state index contributed by atoms with van der Waals surface area (Å²) in [7, 11) is 0. The van der Waals surface area contributed by atoms with Crippen LogP contribution in [0.4, 0.5) is 0 Å². The average molecular weight is 306 g/mol. The Morgan fingerprint density at radius 2 is 1.50 bits per heavy atom. The van der Waals surface area contributed by atoms with E-state index in [2.05, 4.69) is 0 Å². The fraction of sp³-hybridized carbons (Fsp3) is 0.529. The zero-order valence-corrected chi connectivity index (χ0v) is 13.2. The van der Waals surface area contributed by atoms with E-state index in [9.17, 15) is 9.59 Å². The molecule has 1 heterocycles. The SMILES string of the molecule is CCOC(=O)[C@H]1CC[C@H](C(=O)OCC)[NH+]1Cc1ccccc1. The van der Waals surface area contributed by atoms with Crippen molar-refractivity contribution < 1.29 is 24.0 Å². The highest BCUT2D eigenvalue weighted by Crippen LogP contribution is 2.12. The first-order valence-electron chi connectivity index (χ1n) is 7.90. The summed E-state index contributed by atoms with van der Waals surface area (Å²) < 4.78 is 10.3. The third-order valence-electron chi connectivity index (χ3n) is 4.03. The minimum absolute atomic E-state index is 0.222. The van der Waals surface area contributed by atoms with Gasteiger partial charge in [0.1, 0.15) is 6.54 Å². The highest BCUT2D eigenvalue weighted by molar-refractivity contribution is 5.78. The zero-order valence-electron chi connectivity index (χ0n) is 13.2. The van der Waals surface area contributed by atoms with Gasteiger partial charge >= 0.3 is 11.9 Å². The first-order valence-corrected chi connectivity index (χ1v) is 7.90. The molecule has 2 rings (SSSR count). The summed E-state index contributed by atoms with van der Waals surface area (Å²) in [6.45, 7) is 4.93. The number of rotatable bonds is 6. The molecule has 5 heteroatoms. The van der Waals surface area contributed by atoms with Gasteiger partial charge < -0.3 is 14.4 Å². The quantitative estimate of drug-likeness (QED) is 0.787.